The van der Waals surface area contributed by atoms with Crippen LogP contribution in [0.3, 0.4) is 0 Å². The van der Waals surface area contributed by atoms with Gasteiger partial charge in [-0.2, -0.15) is 13.2 Å². The van der Waals surface area contributed by atoms with Gasteiger partial charge in [-0.3, -0.25) is 5.41 Å². The zero-order chi connectivity index (χ0) is 26.4. The van der Waals surface area contributed by atoms with Crippen LogP contribution in [0.25, 0.3) is 0 Å². The molecule has 0 spiro atoms. The summed E-state index contributed by atoms with van der Waals surface area (Å²) < 4.78 is 59.0. The van der Waals surface area contributed by atoms with Crippen LogP contribution in [-0.2, 0) is 21.1 Å². The number of halogens is 4. The minimum Gasteiger partial charge on any atom is -0.475 e. The van der Waals surface area contributed by atoms with Gasteiger partial charge in [0.05, 0.1) is 29.7 Å². The van der Waals surface area contributed by atoms with E-state index in [4.69, 9.17) is 21.0 Å². The summed E-state index contributed by atoms with van der Waals surface area (Å²) in [6, 6.07) is 2.97. The van der Waals surface area contributed by atoms with Gasteiger partial charge in [-0.1, -0.05) is 0 Å². The van der Waals surface area contributed by atoms with Gasteiger partial charge >= 0.3 is 12.1 Å². The van der Waals surface area contributed by atoms with E-state index in [0.717, 1.165) is 12.1 Å². The van der Waals surface area contributed by atoms with Crippen LogP contribution in [0.5, 0.6) is 0 Å². The Morgan fingerprint density at radius 3 is 2.51 bits per heavy atom. The third-order valence-electron chi connectivity index (χ3n) is 4.02. The van der Waals surface area contributed by atoms with Gasteiger partial charge < -0.3 is 21.1 Å². The van der Waals surface area contributed by atoms with Crippen molar-refractivity contribution in [3.63, 3.8) is 0 Å². The number of hydrogen-bond donors (Lipinski definition) is 5. The van der Waals surface area contributed by atoms with Gasteiger partial charge in [-0.05, 0) is 34.3 Å². The molecular weight excluding hydrogens is 597 g/mol. The van der Waals surface area contributed by atoms with Gasteiger partial charge in [0.2, 0.25) is 9.84 Å². The van der Waals surface area contributed by atoms with E-state index in [1.807, 2.05) is 0 Å². The van der Waals surface area contributed by atoms with Crippen LogP contribution in [0.4, 0.5) is 19.0 Å². The number of sulfone groups is 1. The van der Waals surface area contributed by atoms with E-state index in [2.05, 4.69) is 36.2 Å². The van der Waals surface area contributed by atoms with Crippen LogP contribution >= 0.6 is 39.0 Å². The normalized spacial score (nSPS) is 11.5. The Balaban J connectivity index is 0.000000540. The Morgan fingerprint density at radius 2 is 2.03 bits per heavy atom. The van der Waals surface area contributed by atoms with Crippen molar-refractivity contribution in [2.45, 2.75) is 26.6 Å². The predicted octanol–water partition coefficient (Wildman–Crippen LogP) is 3.76. The Labute approximate surface area is 214 Å². The monoisotopic (exact) mass is 614 g/mol. The van der Waals surface area contributed by atoms with Gasteiger partial charge in [0.1, 0.15) is 11.7 Å². The van der Waals surface area contributed by atoms with Crippen molar-refractivity contribution < 1.29 is 31.5 Å². The predicted molar refractivity (Wildman–Crippen MR) is 129 cm³/mol. The first-order valence-electron chi connectivity index (χ1n) is 9.21. The number of carboxylic acids is 1. The first-order valence-corrected chi connectivity index (χ1v) is 13.5. The number of aromatic amines is 1. The number of thiophene rings is 1. The molecule has 0 amide bonds. The summed E-state index contributed by atoms with van der Waals surface area (Å²) in [6.07, 6.45) is 2.13. The number of nitrogens with two attached hydrogens (primary N) is 1. The molecule has 35 heavy (non-hydrogen) atoms. The van der Waals surface area contributed by atoms with Crippen molar-refractivity contribution in [2.75, 3.05) is 18.1 Å². The van der Waals surface area contributed by atoms with Gasteiger partial charge in [-0.25, -0.2) is 23.2 Å². The minimum atomic E-state index is -5.08. The quantitative estimate of drug-likeness (QED) is 0.144. The van der Waals surface area contributed by atoms with E-state index in [1.165, 1.54) is 41.4 Å². The Kier molecular flexibility index (Phi) is 9.70. The van der Waals surface area contributed by atoms with E-state index >= 15 is 0 Å². The first kappa shape index (κ1) is 28.6. The second-order valence-corrected chi connectivity index (χ2v) is 11.3. The number of aromatic nitrogens is 3. The van der Waals surface area contributed by atoms with E-state index < -0.39 is 22.0 Å². The number of H-pyrrole nitrogens is 1. The summed E-state index contributed by atoms with van der Waals surface area (Å²) in [4.78, 5) is 20.8. The molecule has 0 aliphatic carbocycles. The number of amidine groups is 1. The maximum Gasteiger partial charge on any atom is 0.490 e. The number of nitrogens with one attached hydrogen (secondary N) is 3. The third-order valence-corrected chi connectivity index (χ3v) is 8.93. The SMILES string of the molecule is CSc1sc(C(=N)N)cc1S(=O)(=O)c1cnc(NCCc2cnc[nH]2)c(Br)c1.O=C(O)C(F)(F)F. The molecule has 0 fully saturated rings. The first-order chi connectivity index (χ1) is 16.3. The molecule has 17 heteroatoms. The molecular formula is C18H18BrF3N6O4S3. The van der Waals surface area contributed by atoms with E-state index in [-0.39, 0.29) is 15.6 Å². The Morgan fingerprint density at radius 1 is 1.37 bits per heavy atom. The molecule has 6 N–H and O–H groups in total. The van der Waals surface area contributed by atoms with E-state index in [9.17, 15) is 21.6 Å². The molecule has 0 unspecified atom stereocenters. The third kappa shape index (κ3) is 7.68. The van der Waals surface area contributed by atoms with Crippen molar-refractivity contribution in [2.24, 2.45) is 5.73 Å². The fraction of sp³-hybridized carbons (Fsp3) is 0.222. The van der Waals surface area contributed by atoms with Gasteiger partial charge in [-0.15, -0.1) is 23.1 Å². The average Bonchev–Trinajstić information content (AvgIpc) is 3.44. The number of nitrogens with zero attached hydrogens (tertiary/aromatic N) is 2. The maximum atomic E-state index is 13.1. The number of thioether (sulfide) groups is 1. The molecule has 0 saturated carbocycles. The van der Waals surface area contributed by atoms with Crippen molar-refractivity contribution in [3.05, 3.63) is 45.9 Å². The van der Waals surface area contributed by atoms with Gasteiger partial charge in [0.15, 0.2) is 0 Å². The van der Waals surface area contributed by atoms with Crippen molar-refractivity contribution >= 4 is 66.5 Å². The lowest BCUT2D eigenvalue weighted by Gasteiger charge is -2.09. The lowest BCUT2D eigenvalue weighted by Crippen LogP contribution is -2.21. The molecule has 3 aromatic heterocycles. The second kappa shape index (κ2) is 11.9. The smallest absolute Gasteiger partial charge is 0.475 e. The number of anilines is 1. The van der Waals surface area contributed by atoms with Crippen LogP contribution in [0.2, 0.25) is 0 Å². The molecule has 0 aliphatic heterocycles. The fourth-order valence-electron chi connectivity index (χ4n) is 2.38. The van der Waals surface area contributed by atoms with Crippen LogP contribution in [0.15, 0.2) is 49.3 Å². The summed E-state index contributed by atoms with van der Waals surface area (Å²) in [5.74, 6) is -2.36. The molecule has 0 aromatic carbocycles. The lowest BCUT2D eigenvalue weighted by atomic mass is 10.3. The molecule has 3 aromatic rings. The van der Waals surface area contributed by atoms with Crippen LogP contribution in [0, 0.1) is 5.41 Å². The summed E-state index contributed by atoms with van der Waals surface area (Å²) in [5, 5.41) is 17.8. The summed E-state index contributed by atoms with van der Waals surface area (Å²) in [7, 11) is -3.79. The number of carboxylic acid groups (broad SMARTS) is 1. The van der Waals surface area contributed by atoms with Crippen molar-refractivity contribution in [1.82, 2.24) is 15.0 Å². The van der Waals surface area contributed by atoms with Gasteiger partial charge in [0.25, 0.3) is 0 Å². The number of pyridine rings is 1. The van der Waals surface area contributed by atoms with Crippen LogP contribution < -0.4 is 11.1 Å². The van der Waals surface area contributed by atoms with Gasteiger partial charge in [0, 0.05) is 31.1 Å². The topological polar surface area (TPSA) is 175 Å². The largest absolute Gasteiger partial charge is 0.490 e. The number of rotatable bonds is 8. The molecule has 0 radical (unpaired) electrons. The van der Waals surface area contributed by atoms with Crippen LogP contribution in [-0.4, -0.2) is 59.3 Å². The molecule has 0 bridgehead atoms. The highest BCUT2D eigenvalue weighted by Gasteiger charge is 2.38. The number of aliphatic carboxylic acids is 1. The number of hydrogen-bond acceptors (Lipinski definition) is 9. The summed E-state index contributed by atoms with van der Waals surface area (Å²) in [6.45, 7) is 0.614. The molecule has 0 aliphatic rings. The van der Waals surface area contributed by atoms with Crippen molar-refractivity contribution in [3.8, 4) is 0 Å². The highest BCUT2D eigenvalue weighted by atomic mass is 79.9. The lowest BCUT2D eigenvalue weighted by molar-refractivity contribution is -0.192. The second-order valence-electron chi connectivity index (χ2n) is 6.44. The van der Waals surface area contributed by atoms with Crippen LogP contribution in [0.1, 0.15) is 10.6 Å². The molecule has 3 heterocycles. The number of carbonyl (C=O) groups is 1. The Bertz CT molecular complexity index is 1300. The highest BCUT2D eigenvalue weighted by molar-refractivity contribution is 9.10. The van der Waals surface area contributed by atoms with E-state index in [0.29, 0.717) is 25.9 Å². The molecule has 3 rings (SSSR count). The molecule has 0 atom stereocenters. The Hall–Kier alpha value is -2.63. The molecule has 190 valence electrons. The highest BCUT2D eigenvalue weighted by Crippen LogP contribution is 2.37. The molecule has 10 nitrogen and oxygen atoms in total. The number of imidazole rings is 1. The minimum absolute atomic E-state index is 0.0710. The average molecular weight is 615 g/mol. The van der Waals surface area contributed by atoms with E-state index in [1.54, 1.807) is 18.8 Å². The summed E-state index contributed by atoms with van der Waals surface area (Å²) in [5.41, 5.74) is 6.51. The standard InChI is InChI=1S/C16H17BrN6O2S3.C2HF3O2/c1-26-16-13(5-12(27-16)14(18)19)28(24,25)10-4-11(17)15(22-7-10)21-3-2-9-6-20-8-23-9;3-2(4,5)1(6)7/h4-8H,2-3H2,1H3,(H3,18,19)(H,20,23)(H,21,22);(H,6,7). The van der Waals surface area contributed by atoms with Crippen molar-refractivity contribution in [1.29, 1.82) is 5.41 Å². The number of alkyl halides is 3. The zero-order valence-electron chi connectivity index (χ0n) is 17.7. The molecule has 0 saturated heterocycles. The zero-order valence-corrected chi connectivity index (χ0v) is 21.7. The fourth-order valence-corrected chi connectivity index (χ4v) is 6.85. The maximum absolute atomic E-state index is 13.1. The number of nitrogen functional groups attached to an aromatic ring is 1. The summed E-state index contributed by atoms with van der Waals surface area (Å²) >= 11 is 5.88.